The van der Waals surface area contributed by atoms with Crippen LogP contribution in [0.1, 0.15) is 15.9 Å². The van der Waals surface area contributed by atoms with E-state index in [0.717, 1.165) is 0 Å². The van der Waals surface area contributed by atoms with Crippen LogP contribution in [0.5, 0.6) is 17.2 Å². The summed E-state index contributed by atoms with van der Waals surface area (Å²) in [6.45, 7) is 0. The fourth-order valence-electron chi connectivity index (χ4n) is 1.86. The predicted octanol–water partition coefficient (Wildman–Crippen LogP) is 3.19. The number of rotatable bonds is 4. The molecule has 0 bridgehead atoms. The van der Waals surface area contributed by atoms with Gasteiger partial charge in [0.1, 0.15) is 0 Å². The van der Waals surface area contributed by atoms with Gasteiger partial charge in [-0.1, -0.05) is 23.7 Å². The second-order valence-corrected chi connectivity index (χ2v) is 4.71. The molecule has 0 aromatic heterocycles. The molecule has 0 radical (unpaired) electrons. The van der Waals surface area contributed by atoms with Crippen molar-refractivity contribution in [2.45, 2.75) is 6.42 Å². The summed E-state index contributed by atoms with van der Waals surface area (Å²) in [4.78, 5) is 12.1. The van der Waals surface area contributed by atoms with E-state index in [2.05, 4.69) is 0 Å². The zero-order valence-electron chi connectivity index (χ0n) is 10.8. The highest BCUT2D eigenvalue weighted by atomic mass is 35.5. The fraction of sp³-hybridized carbons (Fsp3) is 0.133. The van der Waals surface area contributed by atoms with Crippen LogP contribution < -0.4 is 4.74 Å². The van der Waals surface area contributed by atoms with Crippen LogP contribution in [0.2, 0.25) is 5.02 Å². The van der Waals surface area contributed by atoms with Gasteiger partial charge in [-0.25, -0.2) is 0 Å². The van der Waals surface area contributed by atoms with Crippen molar-refractivity contribution in [2.24, 2.45) is 0 Å². The number of hydrogen-bond acceptors (Lipinski definition) is 4. The summed E-state index contributed by atoms with van der Waals surface area (Å²) in [5.74, 6) is -0.678. The van der Waals surface area contributed by atoms with Crippen molar-refractivity contribution >= 4 is 17.4 Å². The lowest BCUT2D eigenvalue weighted by Crippen LogP contribution is -2.03. The number of carbonyl (C=O) groups excluding carboxylic acids is 1. The molecule has 104 valence electrons. The number of Topliss-reactive ketones (excluding diaryl/α,β-unsaturated/α-hetero) is 1. The minimum absolute atomic E-state index is 0.0740. The van der Waals surface area contributed by atoms with Gasteiger partial charge < -0.3 is 14.9 Å². The first-order valence-corrected chi connectivity index (χ1v) is 6.26. The van der Waals surface area contributed by atoms with Gasteiger partial charge in [-0.05, 0) is 29.8 Å². The minimum atomic E-state index is -0.341. The first kappa shape index (κ1) is 14.2. The molecule has 2 aromatic rings. The lowest BCUT2D eigenvalue weighted by atomic mass is 10.0. The van der Waals surface area contributed by atoms with E-state index >= 15 is 0 Å². The number of halogens is 1. The molecule has 2 rings (SSSR count). The third-order valence-corrected chi connectivity index (χ3v) is 3.08. The molecule has 0 aliphatic rings. The Hall–Kier alpha value is -2.20. The van der Waals surface area contributed by atoms with Gasteiger partial charge in [0.2, 0.25) is 5.75 Å². The number of hydrogen-bond donors (Lipinski definition) is 2. The van der Waals surface area contributed by atoms with E-state index in [-0.39, 0.29) is 29.5 Å². The second-order valence-electron chi connectivity index (χ2n) is 4.28. The van der Waals surface area contributed by atoms with Crippen molar-refractivity contribution in [1.82, 2.24) is 0 Å². The molecule has 0 saturated heterocycles. The standard InChI is InChI=1S/C15H13ClO4/c1-20-14-7-9(6-13(18)15(14)19)5-12(17)10-3-2-4-11(16)8-10/h2-4,6-8,18-19H,5H2,1H3. The maximum Gasteiger partial charge on any atom is 0.200 e. The lowest BCUT2D eigenvalue weighted by molar-refractivity contribution is 0.0993. The third-order valence-electron chi connectivity index (χ3n) is 2.85. The largest absolute Gasteiger partial charge is 0.504 e. The second kappa shape index (κ2) is 5.84. The van der Waals surface area contributed by atoms with Crippen molar-refractivity contribution in [1.29, 1.82) is 0 Å². The summed E-state index contributed by atoms with van der Waals surface area (Å²) in [7, 11) is 1.37. The van der Waals surface area contributed by atoms with Crippen LogP contribution in [0.15, 0.2) is 36.4 Å². The summed E-state index contributed by atoms with van der Waals surface area (Å²) >= 11 is 5.84. The maximum absolute atomic E-state index is 12.1. The van der Waals surface area contributed by atoms with E-state index < -0.39 is 0 Å². The van der Waals surface area contributed by atoms with Crippen LogP contribution in [0.3, 0.4) is 0 Å². The van der Waals surface area contributed by atoms with Crippen molar-refractivity contribution in [3.05, 3.63) is 52.5 Å². The Kier molecular flexibility index (Phi) is 4.15. The normalized spacial score (nSPS) is 10.3. The highest BCUT2D eigenvalue weighted by Crippen LogP contribution is 2.36. The maximum atomic E-state index is 12.1. The summed E-state index contributed by atoms with van der Waals surface area (Å²) < 4.78 is 4.93. The zero-order chi connectivity index (χ0) is 14.7. The Morgan fingerprint density at radius 1 is 1.25 bits per heavy atom. The molecule has 0 amide bonds. The van der Waals surface area contributed by atoms with Crippen LogP contribution in [-0.2, 0) is 6.42 Å². The van der Waals surface area contributed by atoms with Gasteiger partial charge in [0.25, 0.3) is 0 Å². The van der Waals surface area contributed by atoms with E-state index in [0.29, 0.717) is 16.1 Å². The summed E-state index contributed by atoms with van der Waals surface area (Å²) in [6.07, 6.45) is 0.0740. The van der Waals surface area contributed by atoms with Gasteiger partial charge in [0.05, 0.1) is 7.11 Å². The molecule has 20 heavy (non-hydrogen) atoms. The van der Waals surface area contributed by atoms with Crippen molar-refractivity contribution in [2.75, 3.05) is 7.11 Å². The molecule has 0 unspecified atom stereocenters. The highest BCUT2D eigenvalue weighted by molar-refractivity contribution is 6.31. The summed E-state index contributed by atoms with van der Waals surface area (Å²) in [5.41, 5.74) is 1.03. The average molecular weight is 293 g/mol. The van der Waals surface area contributed by atoms with Crippen LogP contribution >= 0.6 is 11.6 Å². The molecule has 0 atom stereocenters. The first-order valence-electron chi connectivity index (χ1n) is 5.89. The lowest BCUT2D eigenvalue weighted by Gasteiger charge is -2.08. The van der Waals surface area contributed by atoms with Crippen molar-refractivity contribution < 1.29 is 19.7 Å². The van der Waals surface area contributed by atoms with Gasteiger partial charge in [-0.2, -0.15) is 0 Å². The number of phenols is 2. The zero-order valence-corrected chi connectivity index (χ0v) is 11.5. The molecular formula is C15H13ClO4. The number of ether oxygens (including phenoxy) is 1. The molecule has 0 spiro atoms. The van der Waals surface area contributed by atoms with Gasteiger partial charge in [0, 0.05) is 17.0 Å². The Labute approximate surface area is 121 Å². The van der Waals surface area contributed by atoms with E-state index in [1.165, 1.54) is 19.2 Å². The SMILES string of the molecule is COc1cc(CC(=O)c2cccc(Cl)c2)cc(O)c1O. The van der Waals surface area contributed by atoms with Gasteiger partial charge in [-0.15, -0.1) is 0 Å². The van der Waals surface area contributed by atoms with Crippen LogP contribution in [0.25, 0.3) is 0 Å². The number of aromatic hydroxyl groups is 2. The molecule has 0 saturated carbocycles. The number of ketones is 1. The van der Waals surface area contributed by atoms with E-state index in [1.807, 2.05) is 0 Å². The molecule has 4 nitrogen and oxygen atoms in total. The van der Waals surface area contributed by atoms with E-state index in [1.54, 1.807) is 24.3 Å². The molecule has 0 fully saturated rings. The van der Waals surface area contributed by atoms with Crippen molar-refractivity contribution in [3.63, 3.8) is 0 Å². The number of benzene rings is 2. The third kappa shape index (κ3) is 3.03. The number of phenolic OH excluding ortho intramolecular Hbond substituents is 2. The number of methoxy groups -OCH3 is 1. The molecule has 0 aliphatic heterocycles. The van der Waals surface area contributed by atoms with E-state index in [4.69, 9.17) is 16.3 Å². The summed E-state index contributed by atoms with van der Waals surface area (Å²) in [5, 5.41) is 19.6. The minimum Gasteiger partial charge on any atom is -0.504 e. The van der Waals surface area contributed by atoms with Gasteiger partial charge in [-0.3, -0.25) is 4.79 Å². The monoisotopic (exact) mass is 292 g/mol. The van der Waals surface area contributed by atoms with Crippen molar-refractivity contribution in [3.8, 4) is 17.2 Å². The molecular weight excluding hydrogens is 280 g/mol. The predicted molar refractivity (Wildman–Crippen MR) is 75.8 cm³/mol. The van der Waals surface area contributed by atoms with Crippen LogP contribution in [-0.4, -0.2) is 23.1 Å². The Morgan fingerprint density at radius 3 is 2.65 bits per heavy atom. The number of carbonyl (C=O) groups is 1. The summed E-state index contributed by atoms with van der Waals surface area (Å²) in [6, 6.07) is 9.49. The quantitative estimate of drug-likeness (QED) is 0.671. The molecule has 0 heterocycles. The molecule has 2 aromatic carbocycles. The Morgan fingerprint density at radius 2 is 2.00 bits per heavy atom. The topological polar surface area (TPSA) is 66.8 Å². The first-order chi connectivity index (χ1) is 9.51. The van der Waals surface area contributed by atoms with Gasteiger partial charge >= 0.3 is 0 Å². The Balaban J connectivity index is 2.26. The molecule has 0 aliphatic carbocycles. The highest BCUT2D eigenvalue weighted by Gasteiger charge is 2.13. The smallest absolute Gasteiger partial charge is 0.200 e. The molecule has 5 heteroatoms. The molecule has 2 N–H and O–H groups in total. The van der Waals surface area contributed by atoms with Crippen LogP contribution in [0, 0.1) is 0 Å². The fourth-order valence-corrected chi connectivity index (χ4v) is 2.05. The van der Waals surface area contributed by atoms with E-state index in [9.17, 15) is 15.0 Å². The van der Waals surface area contributed by atoms with Crippen LogP contribution in [0.4, 0.5) is 0 Å². The average Bonchev–Trinajstić information content (AvgIpc) is 2.42. The van der Waals surface area contributed by atoms with Gasteiger partial charge in [0.15, 0.2) is 17.3 Å². The Bertz CT molecular complexity index is 652.